The van der Waals surface area contributed by atoms with E-state index in [4.69, 9.17) is 4.98 Å². The van der Waals surface area contributed by atoms with Crippen molar-refractivity contribution in [1.29, 1.82) is 0 Å². The maximum atomic E-state index is 13.5. The molecule has 2 aromatic heterocycles. The first-order chi connectivity index (χ1) is 14.7. The first-order valence-electron chi connectivity index (χ1n) is 10.7. The van der Waals surface area contributed by atoms with Gasteiger partial charge in [0.2, 0.25) is 5.91 Å². The summed E-state index contributed by atoms with van der Waals surface area (Å²) < 4.78 is 1.20. The van der Waals surface area contributed by atoms with E-state index in [0.29, 0.717) is 13.1 Å². The van der Waals surface area contributed by atoms with Crippen molar-refractivity contribution in [2.24, 2.45) is 0 Å². The molecule has 0 N–H and O–H groups in total. The number of nitrogens with zero attached hydrogens (tertiary/aromatic N) is 3. The van der Waals surface area contributed by atoms with Gasteiger partial charge in [-0.3, -0.25) is 9.59 Å². The molecule has 4 heterocycles. The van der Waals surface area contributed by atoms with Crippen LogP contribution in [0.15, 0.2) is 41.8 Å². The summed E-state index contributed by atoms with van der Waals surface area (Å²) in [7, 11) is 0. The predicted octanol–water partition coefficient (Wildman–Crippen LogP) is 4.76. The molecule has 2 aliphatic heterocycles. The monoisotopic (exact) mass is 439 g/mol. The summed E-state index contributed by atoms with van der Waals surface area (Å²) in [4.78, 5) is 35.9. The summed E-state index contributed by atoms with van der Waals surface area (Å²) in [5.41, 5.74) is 1.04. The lowest BCUT2D eigenvalue weighted by atomic mass is 9.95. The number of aromatic nitrogens is 1. The molecule has 0 saturated carbocycles. The van der Waals surface area contributed by atoms with E-state index < -0.39 is 0 Å². The third-order valence-corrected chi connectivity index (χ3v) is 8.23. The Bertz CT molecular complexity index is 1010. The Hall–Kier alpha value is -2.25. The van der Waals surface area contributed by atoms with Crippen LogP contribution in [0.5, 0.6) is 0 Å². The fourth-order valence-corrected chi connectivity index (χ4v) is 6.40. The van der Waals surface area contributed by atoms with E-state index in [1.54, 1.807) is 11.3 Å². The second kappa shape index (κ2) is 8.47. The maximum Gasteiger partial charge on any atom is 0.264 e. The Kier molecular flexibility index (Phi) is 5.56. The van der Waals surface area contributed by atoms with Crippen molar-refractivity contribution in [3.05, 3.63) is 51.7 Å². The van der Waals surface area contributed by atoms with E-state index in [9.17, 15) is 9.59 Å². The summed E-state index contributed by atoms with van der Waals surface area (Å²) in [6, 6.07) is 11.6. The second-order valence-corrected chi connectivity index (χ2v) is 10.1. The Balaban J connectivity index is 1.33. The number of para-hydroxylation sites is 1. The number of hydrogen-bond donors (Lipinski definition) is 0. The molecule has 0 spiro atoms. The molecular formula is C23H25N3O2S2. The minimum Gasteiger partial charge on any atom is -0.340 e. The van der Waals surface area contributed by atoms with Crippen molar-refractivity contribution in [2.75, 3.05) is 19.6 Å². The lowest BCUT2D eigenvalue weighted by molar-refractivity contribution is -0.138. The van der Waals surface area contributed by atoms with Crippen LogP contribution in [0.2, 0.25) is 0 Å². The van der Waals surface area contributed by atoms with Gasteiger partial charge in [-0.05, 0) is 55.7 Å². The molecule has 5 nitrogen and oxygen atoms in total. The van der Waals surface area contributed by atoms with E-state index in [1.807, 2.05) is 39.4 Å². The van der Waals surface area contributed by atoms with Crippen molar-refractivity contribution in [3.63, 3.8) is 0 Å². The highest BCUT2D eigenvalue weighted by atomic mass is 32.1. The zero-order valence-electron chi connectivity index (χ0n) is 16.8. The second-order valence-electron chi connectivity index (χ2n) is 8.13. The Morgan fingerprint density at radius 1 is 1.00 bits per heavy atom. The van der Waals surface area contributed by atoms with Crippen molar-refractivity contribution in [1.82, 2.24) is 14.8 Å². The van der Waals surface area contributed by atoms with Crippen LogP contribution in [-0.4, -0.2) is 52.3 Å². The van der Waals surface area contributed by atoms with Crippen molar-refractivity contribution in [2.45, 2.75) is 44.1 Å². The zero-order valence-corrected chi connectivity index (χ0v) is 18.5. The third kappa shape index (κ3) is 3.76. The number of benzene rings is 1. The first kappa shape index (κ1) is 19.7. The topological polar surface area (TPSA) is 53.5 Å². The number of hydrogen-bond acceptors (Lipinski definition) is 5. The van der Waals surface area contributed by atoms with Crippen molar-refractivity contribution >= 4 is 44.7 Å². The van der Waals surface area contributed by atoms with Gasteiger partial charge < -0.3 is 9.80 Å². The van der Waals surface area contributed by atoms with Gasteiger partial charge in [-0.2, -0.15) is 0 Å². The van der Waals surface area contributed by atoms with Crippen LogP contribution in [0.3, 0.4) is 0 Å². The van der Waals surface area contributed by atoms with Gasteiger partial charge in [0.15, 0.2) is 0 Å². The molecular weight excluding hydrogens is 414 g/mol. The Morgan fingerprint density at radius 3 is 2.73 bits per heavy atom. The normalized spacial score (nSPS) is 22.4. The molecule has 0 aliphatic carbocycles. The van der Waals surface area contributed by atoms with Crippen LogP contribution in [-0.2, 0) is 4.79 Å². The standard InChI is InChI=1S/C23H25N3O2S2/c27-22(18-9-3-4-13-26(18)23(28)20-11-6-14-29-20)25-12-5-7-16(15-25)21-24-17-8-1-2-10-19(17)30-21/h1-2,6,8,10-11,14,16,18H,3-5,7,9,12-13,15H2/t16-,18+/m1/s1. The zero-order chi connectivity index (χ0) is 20.5. The van der Waals surface area contributed by atoms with Crippen LogP contribution in [0, 0.1) is 0 Å². The first-order valence-corrected chi connectivity index (χ1v) is 12.4. The van der Waals surface area contributed by atoms with E-state index >= 15 is 0 Å². The highest BCUT2D eigenvalue weighted by molar-refractivity contribution is 7.18. The van der Waals surface area contributed by atoms with Gasteiger partial charge in [0.05, 0.1) is 20.1 Å². The van der Waals surface area contributed by atoms with Crippen LogP contribution >= 0.6 is 22.7 Å². The number of rotatable bonds is 3. The quantitative estimate of drug-likeness (QED) is 0.591. The number of amides is 2. The number of thiophene rings is 1. The smallest absolute Gasteiger partial charge is 0.264 e. The van der Waals surface area contributed by atoms with Crippen LogP contribution in [0.1, 0.15) is 52.7 Å². The van der Waals surface area contributed by atoms with Crippen LogP contribution < -0.4 is 0 Å². The van der Waals surface area contributed by atoms with Gasteiger partial charge in [0.1, 0.15) is 6.04 Å². The molecule has 2 fully saturated rings. The molecule has 2 aliphatic rings. The molecule has 2 atom stereocenters. The lowest BCUT2D eigenvalue weighted by Crippen LogP contribution is -2.54. The van der Waals surface area contributed by atoms with Gasteiger partial charge in [-0.15, -0.1) is 22.7 Å². The summed E-state index contributed by atoms with van der Waals surface area (Å²) in [5, 5.41) is 3.05. The number of carbonyl (C=O) groups is 2. The van der Waals surface area contributed by atoms with Crippen molar-refractivity contribution < 1.29 is 9.59 Å². The molecule has 1 aromatic carbocycles. The van der Waals surface area contributed by atoms with E-state index in [-0.39, 0.29) is 23.8 Å². The predicted molar refractivity (Wildman–Crippen MR) is 121 cm³/mol. The van der Waals surface area contributed by atoms with Gasteiger partial charge in [-0.1, -0.05) is 18.2 Å². The summed E-state index contributed by atoms with van der Waals surface area (Å²) in [6.07, 6.45) is 4.78. The third-order valence-electron chi connectivity index (χ3n) is 6.17. The molecule has 156 valence electrons. The SMILES string of the molecule is O=C([C@@H]1CCCCN1C(=O)c1cccs1)N1CCC[C@@H](c2nc3ccccc3s2)C1. The number of piperidine rings is 2. The molecule has 2 amide bonds. The molecule has 7 heteroatoms. The average molecular weight is 440 g/mol. The highest BCUT2D eigenvalue weighted by Gasteiger charge is 2.37. The van der Waals surface area contributed by atoms with Gasteiger partial charge in [0, 0.05) is 25.6 Å². The Morgan fingerprint density at radius 2 is 1.90 bits per heavy atom. The molecule has 0 radical (unpaired) electrons. The highest BCUT2D eigenvalue weighted by Crippen LogP contribution is 2.34. The number of thiazole rings is 1. The van der Waals surface area contributed by atoms with E-state index in [1.165, 1.54) is 16.0 Å². The fourth-order valence-electron chi connectivity index (χ4n) is 4.63. The van der Waals surface area contributed by atoms with Gasteiger partial charge in [0.25, 0.3) is 5.91 Å². The molecule has 30 heavy (non-hydrogen) atoms. The molecule has 3 aromatic rings. The number of fused-ring (bicyclic) bond motifs is 1. The van der Waals surface area contributed by atoms with E-state index in [0.717, 1.165) is 54.1 Å². The summed E-state index contributed by atoms with van der Waals surface area (Å²) >= 11 is 3.20. The molecule has 0 bridgehead atoms. The lowest BCUT2D eigenvalue weighted by Gasteiger charge is -2.40. The largest absolute Gasteiger partial charge is 0.340 e. The van der Waals surface area contributed by atoms with Crippen LogP contribution in [0.4, 0.5) is 0 Å². The summed E-state index contributed by atoms with van der Waals surface area (Å²) in [5.74, 6) is 0.401. The number of likely N-dealkylation sites (tertiary alicyclic amines) is 2. The molecule has 5 rings (SSSR count). The van der Waals surface area contributed by atoms with Crippen LogP contribution in [0.25, 0.3) is 10.2 Å². The minimum atomic E-state index is -0.331. The minimum absolute atomic E-state index is 0.00258. The summed E-state index contributed by atoms with van der Waals surface area (Å²) in [6.45, 7) is 2.15. The van der Waals surface area contributed by atoms with Gasteiger partial charge >= 0.3 is 0 Å². The van der Waals surface area contributed by atoms with Gasteiger partial charge in [-0.25, -0.2) is 4.98 Å². The molecule has 0 unspecified atom stereocenters. The average Bonchev–Trinajstić information content (AvgIpc) is 3.48. The Labute approximate surface area is 184 Å². The van der Waals surface area contributed by atoms with Crippen molar-refractivity contribution in [3.8, 4) is 0 Å². The maximum absolute atomic E-state index is 13.5. The fraction of sp³-hybridized carbons (Fsp3) is 0.435. The van der Waals surface area contributed by atoms with E-state index in [2.05, 4.69) is 12.1 Å². The number of carbonyl (C=O) groups excluding carboxylic acids is 2. The molecule has 2 saturated heterocycles.